The second-order valence-electron chi connectivity index (χ2n) is 6.34. The van der Waals surface area contributed by atoms with E-state index in [-0.39, 0.29) is 17.8 Å². The van der Waals surface area contributed by atoms with Crippen molar-refractivity contribution in [3.8, 4) is 5.75 Å². The van der Waals surface area contributed by atoms with Gasteiger partial charge in [-0.2, -0.15) is 0 Å². The van der Waals surface area contributed by atoms with Gasteiger partial charge < -0.3 is 20.5 Å². The van der Waals surface area contributed by atoms with Crippen molar-refractivity contribution in [1.82, 2.24) is 10.6 Å². The van der Waals surface area contributed by atoms with Crippen LogP contribution in [0, 0.1) is 5.82 Å². The molecule has 2 aromatic carbocycles. The number of halogens is 1. The lowest BCUT2D eigenvalue weighted by atomic mass is 10.0. The molecule has 146 valence electrons. The molecule has 1 aliphatic heterocycles. The Bertz CT molecular complexity index is 804. The van der Waals surface area contributed by atoms with E-state index in [1.165, 1.54) is 13.0 Å². The topological polar surface area (TPSA) is 87.7 Å². The minimum Gasteiger partial charge on any atom is -0.497 e. The van der Waals surface area contributed by atoms with Crippen LogP contribution in [0.25, 0.3) is 10.8 Å². The number of carbonyl (C=O) groups is 2. The zero-order chi connectivity index (χ0) is 19.8. The lowest BCUT2D eigenvalue weighted by Crippen LogP contribution is -2.29. The van der Waals surface area contributed by atoms with Crippen molar-refractivity contribution in [2.24, 2.45) is 0 Å². The summed E-state index contributed by atoms with van der Waals surface area (Å²) in [5.41, 5.74) is 0.990. The Morgan fingerprint density at radius 3 is 2.63 bits per heavy atom. The molecule has 1 atom stereocenters. The summed E-state index contributed by atoms with van der Waals surface area (Å²) >= 11 is 0. The minimum absolute atomic E-state index is 0.0657. The molecule has 1 heterocycles. The number of aliphatic carboxylic acids is 1. The Balaban J connectivity index is 0.000000273. The first kappa shape index (κ1) is 20.6. The number of carboxylic acid groups (broad SMARTS) is 1. The third-order valence-electron chi connectivity index (χ3n) is 4.39. The first-order chi connectivity index (χ1) is 12.9. The van der Waals surface area contributed by atoms with Crippen LogP contribution in [0.4, 0.5) is 4.39 Å². The number of benzene rings is 2. The van der Waals surface area contributed by atoms with Crippen LogP contribution in [0.15, 0.2) is 30.3 Å². The SMILES string of the molecule is COc1ccc2c(F)ccc(CCNC(C)=O)c2c1.O=C(O)[C@@H]1CCCN1. The van der Waals surface area contributed by atoms with Crippen molar-refractivity contribution in [3.63, 3.8) is 0 Å². The van der Waals surface area contributed by atoms with Crippen molar-refractivity contribution in [2.45, 2.75) is 32.2 Å². The van der Waals surface area contributed by atoms with Gasteiger partial charge in [0.25, 0.3) is 0 Å². The standard InChI is InChI=1S/C15H16FNO2.C5H9NO2/c1-10(18)17-8-7-11-3-6-15(16)13-5-4-12(19-2)9-14(11)13;7-5(8)4-2-1-3-6-4/h3-6,9H,7-8H2,1-2H3,(H,17,18);4,6H,1-3H2,(H,7,8)/t;4-/m.0/s1. The highest BCUT2D eigenvalue weighted by Crippen LogP contribution is 2.26. The van der Waals surface area contributed by atoms with Crippen LogP contribution in [0.2, 0.25) is 0 Å². The third kappa shape index (κ3) is 5.92. The van der Waals surface area contributed by atoms with E-state index >= 15 is 0 Å². The van der Waals surface area contributed by atoms with Gasteiger partial charge in [-0.25, -0.2) is 4.39 Å². The van der Waals surface area contributed by atoms with E-state index in [4.69, 9.17) is 9.84 Å². The van der Waals surface area contributed by atoms with Crippen LogP contribution < -0.4 is 15.4 Å². The van der Waals surface area contributed by atoms with Crippen LogP contribution in [0.1, 0.15) is 25.3 Å². The van der Waals surface area contributed by atoms with Gasteiger partial charge in [0.15, 0.2) is 0 Å². The van der Waals surface area contributed by atoms with Crippen molar-refractivity contribution in [3.05, 3.63) is 41.7 Å². The summed E-state index contributed by atoms with van der Waals surface area (Å²) in [5, 5.41) is 15.3. The highest BCUT2D eigenvalue weighted by molar-refractivity contribution is 5.87. The summed E-state index contributed by atoms with van der Waals surface area (Å²) < 4.78 is 18.9. The van der Waals surface area contributed by atoms with Crippen LogP contribution >= 0.6 is 0 Å². The maximum absolute atomic E-state index is 13.7. The Morgan fingerprint density at radius 2 is 2.07 bits per heavy atom. The van der Waals surface area contributed by atoms with Gasteiger partial charge in [-0.3, -0.25) is 9.59 Å². The van der Waals surface area contributed by atoms with Crippen LogP contribution in [-0.2, 0) is 16.0 Å². The van der Waals surface area contributed by atoms with Gasteiger partial charge in [-0.1, -0.05) is 6.07 Å². The van der Waals surface area contributed by atoms with Gasteiger partial charge in [0.1, 0.15) is 17.6 Å². The fourth-order valence-electron chi connectivity index (χ4n) is 2.96. The molecule has 3 rings (SSSR count). The second kappa shape index (κ2) is 9.87. The molecular weight excluding hydrogens is 351 g/mol. The molecule has 0 aliphatic carbocycles. The number of ether oxygens (including phenoxy) is 1. The molecule has 27 heavy (non-hydrogen) atoms. The molecule has 1 saturated heterocycles. The minimum atomic E-state index is -0.720. The predicted molar refractivity (Wildman–Crippen MR) is 102 cm³/mol. The fraction of sp³-hybridized carbons (Fsp3) is 0.400. The van der Waals surface area contributed by atoms with Crippen molar-refractivity contribution in [2.75, 3.05) is 20.2 Å². The average molecular weight is 376 g/mol. The number of carboxylic acids is 1. The van der Waals surface area contributed by atoms with E-state index < -0.39 is 5.97 Å². The maximum Gasteiger partial charge on any atom is 0.320 e. The molecular formula is C20H25FN2O4. The maximum atomic E-state index is 13.7. The third-order valence-corrected chi connectivity index (χ3v) is 4.39. The second-order valence-corrected chi connectivity index (χ2v) is 6.34. The quantitative estimate of drug-likeness (QED) is 0.746. The van der Waals surface area contributed by atoms with E-state index in [2.05, 4.69) is 10.6 Å². The number of carbonyl (C=O) groups excluding carboxylic acids is 1. The summed E-state index contributed by atoms with van der Waals surface area (Å²) in [6, 6.07) is 8.21. The molecule has 0 radical (unpaired) electrons. The summed E-state index contributed by atoms with van der Waals surface area (Å²) in [5.74, 6) is -0.341. The molecule has 2 aromatic rings. The molecule has 7 heteroatoms. The van der Waals surface area contributed by atoms with E-state index in [1.54, 1.807) is 25.3 Å². The molecule has 0 aromatic heterocycles. The molecule has 6 nitrogen and oxygen atoms in total. The Labute approximate surface area is 157 Å². The number of hydrogen-bond donors (Lipinski definition) is 3. The smallest absolute Gasteiger partial charge is 0.320 e. The highest BCUT2D eigenvalue weighted by Gasteiger charge is 2.20. The van der Waals surface area contributed by atoms with Gasteiger partial charge in [-0.15, -0.1) is 0 Å². The van der Waals surface area contributed by atoms with Gasteiger partial charge in [-0.05, 0) is 61.0 Å². The summed E-state index contributed by atoms with van der Waals surface area (Å²) in [7, 11) is 1.58. The zero-order valence-electron chi connectivity index (χ0n) is 15.5. The lowest BCUT2D eigenvalue weighted by molar-refractivity contribution is -0.139. The van der Waals surface area contributed by atoms with Crippen molar-refractivity contribution < 1.29 is 23.8 Å². The number of fused-ring (bicyclic) bond motifs is 1. The Kier molecular flexibility index (Phi) is 7.55. The number of hydrogen-bond acceptors (Lipinski definition) is 4. The average Bonchev–Trinajstić information content (AvgIpc) is 3.19. The first-order valence-corrected chi connectivity index (χ1v) is 8.88. The number of amides is 1. The van der Waals surface area contributed by atoms with Crippen LogP contribution in [0.5, 0.6) is 5.75 Å². The number of rotatable bonds is 5. The predicted octanol–water partition coefficient (Wildman–Crippen LogP) is 2.49. The summed E-state index contributed by atoms with van der Waals surface area (Å²) in [4.78, 5) is 21.0. The molecule has 3 N–H and O–H groups in total. The van der Waals surface area contributed by atoms with Crippen LogP contribution in [-0.4, -0.2) is 43.2 Å². The highest BCUT2D eigenvalue weighted by atomic mass is 19.1. The monoisotopic (exact) mass is 376 g/mol. The molecule has 0 saturated carbocycles. The largest absolute Gasteiger partial charge is 0.497 e. The molecule has 1 fully saturated rings. The normalized spacial score (nSPS) is 15.7. The number of methoxy groups -OCH3 is 1. The van der Waals surface area contributed by atoms with E-state index in [1.807, 2.05) is 6.07 Å². The van der Waals surface area contributed by atoms with Gasteiger partial charge >= 0.3 is 5.97 Å². The lowest BCUT2D eigenvalue weighted by Gasteiger charge is -2.09. The van der Waals surface area contributed by atoms with Crippen LogP contribution in [0.3, 0.4) is 0 Å². The summed E-state index contributed by atoms with van der Waals surface area (Å²) in [6.07, 6.45) is 2.44. The molecule has 0 spiro atoms. The van der Waals surface area contributed by atoms with E-state index in [9.17, 15) is 14.0 Å². The van der Waals surface area contributed by atoms with Gasteiger partial charge in [0.2, 0.25) is 5.91 Å². The molecule has 0 unspecified atom stereocenters. The molecule has 1 amide bonds. The molecule has 0 bridgehead atoms. The van der Waals surface area contributed by atoms with Gasteiger partial charge in [0, 0.05) is 18.9 Å². The first-order valence-electron chi connectivity index (χ1n) is 8.88. The summed E-state index contributed by atoms with van der Waals surface area (Å²) in [6.45, 7) is 2.87. The molecule has 1 aliphatic rings. The van der Waals surface area contributed by atoms with Crippen molar-refractivity contribution >= 4 is 22.6 Å². The van der Waals surface area contributed by atoms with E-state index in [0.717, 1.165) is 30.3 Å². The van der Waals surface area contributed by atoms with E-state index in [0.29, 0.717) is 24.1 Å². The fourth-order valence-corrected chi connectivity index (χ4v) is 2.96. The Hall–Kier alpha value is -2.67. The zero-order valence-corrected chi connectivity index (χ0v) is 15.5. The van der Waals surface area contributed by atoms with Crippen molar-refractivity contribution in [1.29, 1.82) is 0 Å². The number of nitrogens with one attached hydrogen (secondary N) is 2. The van der Waals surface area contributed by atoms with Gasteiger partial charge in [0.05, 0.1) is 7.11 Å². The Morgan fingerprint density at radius 1 is 1.30 bits per heavy atom.